The molecule has 2 aliphatic heterocycles. The van der Waals surface area contributed by atoms with Crippen molar-refractivity contribution in [1.82, 2.24) is 9.88 Å². The largest absolute Gasteiger partial charge is 0.487 e. The molecule has 6 nitrogen and oxygen atoms in total. The number of hydrogen-bond donors (Lipinski definition) is 1. The Labute approximate surface area is 190 Å². The van der Waals surface area contributed by atoms with Gasteiger partial charge in [0.05, 0.1) is 11.9 Å². The van der Waals surface area contributed by atoms with Gasteiger partial charge in [0.1, 0.15) is 11.4 Å². The molecule has 2 aliphatic rings. The Kier molecular flexibility index (Phi) is 6.77. The molecule has 1 atom stereocenters. The van der Waals surface area contributed by atoms with Crippen molar-refractivity contribution in [3.63, 3.8) is 0 Å². The number of ether oxygens (including phenoxy) is 1. The quantitative estimate of drug-likeness (QED) is 0.709. The number of piperidine rings is 1. The van der Waals surface area contributed by atoms with Crippen molar-refractivity contribution in [2.45, 2.75) is 63.9 Å². The molecule has 4 rings (SSSR count). The molecular weight excluding hydrogens is 402 g/mol. The van der Waals surface area contributed by atoms with Crippen LogP contribution >= 0.6 is 0 Å². The smallest absolute Gasteiger partial charge is 0.225 e. The maximum atomic E-state index is 12.8. The van der Waals surface area contributed by atoms with Gasteiger partial charge in [-0.1, -0.05) is 32.0 Å². The van der Waals surface area contributed by atoms with Crippen molar-refractivity contribution in [3.05, 3.63) is 54.4 Å². The predicted octanol–water partition coefficient (Wildman–Crippen LogP) is 4.77. The topological polar surface area (TPSA) is 71.5 Å². The van der Waals surface area contributed by atoms with Crippen LogP contribution in [0.2, 0.25) is 0 Å². The van der Waals surface area contributed by atoms with Gasteiger partial charge >= 0.3 is 0 Å². The normalized spacial score (nSPS) is 19.3. The van der Waals surface area contributed by atoms with Crippen LogP contribution < -0.4 is 10.1 Å². The minimum Gasteiger partial charge on any atom is -0.487 e. The third kappa shape index (κ3) is 4.79. The van der Waals surface area contributed by atoms with E-state index in [9.17, 15) is 9.59 Å². The summed E-state index contributed by atoms with van der Waals surface area (Å²) in [5.41, 5.74) is 1.48. The van der Waals surface area contributed by atoms with Gasteiger partial charge in [-0.25, -0.2) is 0 Å². The maximum absolute atomic E-state index is 12.8. The Bertz CT molecular complexity index is 934. The van der Waals surface area contributed by atoms with Crippen molar-refractivity contribution in [3.8, 4) is 5.75 Å². The number of para-hydroxylation sites is 1. The lowest BCUT2D eigenvalue weighted by atomic mass is 9.76. The minimum absolute atomic E-state index is 0.0174. The third-order valence-electron chi connectivity index (χ3n) is 7.00. The molecule has 3 heterocycles. The molecule has 0 aliphatic carbocycles. The van der Waals surface area contributed by atoms with Crippen LogP contribution in [0.3, 0.4) is 0 Å². The number of carbonyl (C=O) groups is 2. The highest BCUT2D eigenvalue weighted by molar-refractivity contribution is 5.91. The summed E-state index contributed by atoms with van der Waals surface area (Å²) in [6, 6.07) is 11.7. The van der Waals surface area contributed by atoms with E-state index in [1.54, 1.807) is 12.4 Å². The van der Waals surface area contributed by atoms with E-state index in [-0.39, 0.29) is 29.3 Å². The summed E-state index contributed by atoms with van der Waals surface area (Å²) in [5, 5.41) is 2.96. The highest BCUT2D eigenvalue weighted by atomic mass is 16.5. The lowest BCUT2D eigenvalue weighted by Gasteiger charge is -2.47. The molecule has 0 bridgehead atoms. The first kappa shape index (κ1) is 22.3. The molecule has 1 spiro atoms. The van der Waals surface area contributed by atoms with Crippen molar-refractivity contribution in [2.75, 3.05) is 18.4 Å². The molecule has 170 valence electrons. The third-order valence-corrected chi connectivity index (χ3v) is 7.00. The second-order valence-electron chi connectivity index (χ2n) is 9.06. The highest BCUT2D eigenvalue weighted by Crippen LogP contribution is 2.46. The Hall–Kier alpha value is -2.89. The molecular formula is C26H33N3O3. The predicted molar refractivity (Wildman–Crippen MR) is 125 cm³/mol. The maximum Gasteiger partial charge on any atom is 0.225 e. The van der Waals surface area contributed by atoms with E-state index < -0.39 is 0 Å². The number of amides is 2. The van der Waals surface area contributed by atoms with Gasteiger partial charge in [0.15, 0.2) is 0 Å². The van der Waals surface area contributed by atoms with Gasteiger partial charge in [-0.15, -0.1) is 0 Å². The molecule has 2 aromatic rings. The van der Waals surface area contributed by atoms with Crippen LogP contribution in [0.15, 0.2) is 48.8 Å². The van der Waals surface area contributed by atoms with E-state index in [2.05, 4.69) is 30.2 Å². The standard InChI is InChI=1S/C26H33N3O3/c1-3-19(4-2)25(31)29-14-11-26(12-15-29)17-20(22-9-5-6-10-23(22)32-26)16-24(30)28-21-8-7-13-27-18-21/h5-10,13,18-20H,3-4,11-12,14-17H2,1-2H3,(H,28,30)/t20-/m1/s1. The molecule has 1 fully saturated rings. The molecule has 1 aromatic heterocycles. The minimum atomic E-state index is -0.321. The van der Waals surface area contributed by atoms with Gasteiger partial charge < -0.3 is 15.0 Å². The number of nitrogens with zero attached hydrogens (tertiary/aromatic N) is 2. The molecule has 0 radical (unpaired) electrons. The van der Waals surface area contributed by atoms with Crippen LogP contribution in [-0.4, -0.2) is 40.4 Å². The van der Waals surface area contributed by atoms with Crippen LogP contribution in [-0.2, 0) is 9.59 Å². The number of pyridine rings is 1. The number of fused-ring (bicyclic) bond motifs is 1. The summed E-state index contributed by atoms with van der Waals surface area (Å²) in [4.78, 5) is 31.7. The van der Waals surface area contributed by atoms with Gasteiger partial charge in [0, 0.05) is 50.4 Å². The van der Waals surface area contributed by atoms with Crippen molar-refractivity contribution in [1.29, 1.82) is 0 Å². The van der Waals surface area contributed by atoms with Gasteiger partial charge in [0.2, 0.25) is 11.8 Å². The Balaban J connectivity index is 1.46. The Morgan fingerprint density at radius 1 is 1.16 bits per heavy atom. The van der Waals surface area contributed by atoms with Gasteiger partial charge in [-0.3, -0.25) is 14.6 Å². The highest BCUT2D eigenvalue weighted by Gasteiger charge is 2.44. The monoisotopic (exact) mass is 435 g/mol. The van der Waals surface area contributed by atoms with Crippen molar-refractivity contribution < 1.29 is 14.3 Å². The van der Waals surface area contributed by atoms with E-state index in [4.69, 9.17) is 4.74 Å². The summed E-state index contributed by atoms with van der Waals surface area (Å²) in [5.74, 6) is 1.32. The molecule has 6 heteroatoms. The first-order valence-corrected chi connectivity index (χ1v) is 11.8. The van der Waals surface area contributed by atoms with Crippen LogP contribution in [0.4, 0.5) is 5.69 Å². The van der Waals surface area contributed by atoms with Gasteiger partial charge in [-0.05, 0) is 43.0 Å². The van der Waals surface area contributed by atoms with Crippen LogP contribution in [0.1, 0.15) is 63.9 Å². The zero-order chi connectivity index (χ0) is 22.6. The number of anilines is 1. The average Bonchev–Trinajstić information content (AvgIpc) is 2.81. The zero-order valence-electron chi connectivity index (χ0n) is 19.0. The average molecular weight is 436 g/mol. The number of aromatic nitrogens is 1. The molecule has 1 saturated heterocycles. The molecule has 1 aromatic carbocycles. The second kappa shape index (κ2) is 9.72. The fourth-order valence-corrected chi connectivity index (χ4v) is 5.14. The zero-order valence-corrected chi connectivity index (χ0v) is 19.0. The Morgan fingerprint density at radius 3 is 2.59 bits per heavy atom. The van der Waals surface area contributed by atoms with E-state index in [0.717, 1.165) is 43.4 Å². The summed E-state index contributed by atoms with van der Waals surface area (Å²) in [7, 11) is 0. The fraction of sp³-hybridized carbons (Fsp3) is 0.500. The number of likely N-dealkylation sites (tertiary alicyclic amines) is 1. The second-order valence-corrected chi connectivity index (χ2v) is 9.06. The molecule has 1 N–H and O–H groups in total. The van der Waals surface area contributed by atoms with E-state index >= 15 is 0 Å². The van der Waals surface area contributed by atoms with E-state index in [1.165, 1.54) is 0 Å². The Morgan fingerprint density at radius 2 is 1.91 bits per heavy atom. The number of benzene rings is 1. The summed E-state index contributed by atoms with van der Waals surface area (Å²) >= 11 is 0. The molecule has 2 amide bonds. The molecule has 0 saturated carbocycles. The first-order valence-electron chi connectivity index (χ1n) is 11.8. The summed E-state index contributed by atoms with van der Waals surface area (Å²) in [6.07, 6.45) is 7.90. The SMILES string of the molecule is CCC(CC)C(=O)N1CCC2(CC1)C[C@@H](CC(=O)Nc1cccnc1)c1ccccc1O2. The molecule has 0 unspecified atom stereocenters. The van der Waals surface area contributed by atoms with Crippen molar-refractivity contribution in [2.24, 2.45) is 5.92 Å². The van der Waals surface area contributed by atoms with E-state index in [0.29, 0.717) is 25.2 Å². The lowest BCUT2D eigenvalue weighted by Crippen LogP contribution is -2.52. The lowest BCUT2D eigenvalue weighted by molar-refractivity contribution is -0.139. The summed E-state index contributed by atoms with van der Waals surface area (Å²) in [6.45, 7) is 5.60. The van der Waals surface area contributed by atoms with Crippen LogP contribution in [0.25, 0.3) is 0 Å². The number of nitrogens with one attached hydrogen (secondary N) is 1. The number of rotatable bonds is 6. The van der Waals surface area contributed by atoms with Crippen molar-refractivity contribution >= 4 is 17.5 Å². The van der Waals surface area contributed by atoms with E-state index in [1.807, 2.05) is 35.2 Å². The van der Waals surface area contributed by atoms with Gasteiger partial charge in [-0.2, -0.15) is 0 Å². The van der Waals surface area contributed by atoms with Crippen LogP contribution in [0, 0.1) is 5.92 Å². The molecule has 32 heavy (non-hydrogen) atoms. The number of carbonyl (C=O) groups excluding carboxylic acids is 2. The van der Waals surface area contributed by atoms with Gasteiger partial charge in [0.25, 0.3) is 0 Å². The number of hydrogen-bond acceptors (Lipinski definition) is 4. The fourth-order valence-electron chi connectivity index (χ4n) is 5.14. The first-order chi connectivity index (χ1) is 15.5. The summed E-state index contributed by atoms with van der Waals surface area (Å²) < 4.78 is 6.55. The van der Waals surface area contributed by atoms with Crippen LogP contribution in [0.5, 0.6) is 5.75 Å².